The van der Waals surface area contributed by atoms with Gasteiger partial charge < -0.3 is 9.88 Å². The van der Waals surface area contributed by atoms with E-state index in [1.54, 1.807) is 0 Å². The molecule has 0 bridgehead atoms. The average Bonchev–Trinajstić information content (AvgIpc) is 2.78. The number of rotatable bonds is 6. The van der Waals surface area contributed by atoms with Crippen LogP contribution in [0.1, 0.15) is 55.7 Å². The van der Waals surface area contributed by atoms with Gasteiger partial charge in [0.1, 0.15) is 5.69 Å². The molecule has 0 saturated carbocycles. The van der Waals surface area contributed by atoms with Crippen LogP contribution in [0.15, 0.2) is 18.2 Å². The largest absolute Gasteiger partial charge is 0.351 e. The molecule has 2 aromatic rings. The molecule has 0 aliphatic carbocycles. The fourth-order valence-electron chi connectivity index (χ4n) is 2.97. The SMILES string of the molecule is CCc1ccc2c(c1)c(C)c(C(=O)NCCC(C)C)n2CC. The third kappa shape index (κ3) is 3.18. The first-order valence-corrected chi connectivity index (χ1v) is 8.39. The van der Waals surface area contributed by atoms with E-state index < -0.39 is 0 Å². The van der Waals surface area contributed by atoms with Gasteiger partial charge in [-0.2, -0.15) is 0 Å². The Morgan fingerprint density at radius 1 is 1.27 bits per heavy atom. The average molecular weight is 300 g/mol. The number of nitrogens with one attached hydrogen (secondary N) is 1. The second-order valence-electron chi connectivity index (χ2n) is 6.36. The number of aromatic nitrogens is 1. The Morgan fingerprint density at radius 2 is 2.00 bits per heavy atom. The summed E-state index contributed by atoms with van der Waals surface area (Å²) in [6.45, 7) is 12.2. The van der Waals surface area contributed by atoms with Crippen molar-refractivity contribution in [3.05, 3.63) is 35.0 Å². The number of fused-ring (bicyclic) bond motifs is 1. The fraction of sp³-hybridized carbons (Fsp3) is 0.526. The van der Waals surface area contributed by atoms with Crippen molar-refractivity contribution in [1.29, 1.82) is 0 Å². The second kappa shape index (κ2) is 6.99. The number of carbonyl (C=O) groups excluding carboxylic acids is 1. The van der Waals surface area contributed by atoms with Gasteiger partial charge in [0.15, 0.2) is 0 Å². The molecule has 0 aliphatic heterocycles. The fourth-order valence-corrected chi connectivity index (χ4v) is 2.97. The molecule has 0 radical (unpaired) electrons. The van der Waals surface area contributed by atoms with Crippen LogP contribution in [-0.4, -0.2) is 17.0 Å². The molecule has 22 heavy (non-hydrogen) atoms. The van der Waals surface area contributed by atoms with Gasteiger partial charge in [0, 0.05) is 24.0 Å². The van der Waals surface area contributed by atoms with Gasteiger partial charge in [-0.25, -0.2) is 0 Å². The molecule has 3 nitrogen and oxygen atoms in total. The molecule has 1 aromatic carbocycles. The minimum absolute atomic E-state index is 0.0502. The zero-order valence-electron chi connectivity index (χ0n) is 14.5. The topological polar surface area (TPSA) is 34.0 Å². The molecule has 0 aliphatic rings. The summed E-state index contributed by atoms with van der Waals surface area (Å²) >= 11 is 0. The zero-order chi connectivity index (χ0) is 16.3. The molecule has 0 atom stereocenters. The van der Waals surface area contributed by atoms with E-state index in [1.807, 2.05) is 0 Å². The van der Waals surface area contributed by atoms with Crippen molar-refractivity contribution < 1.29 is 4.79 Å². The molecule has 2 rings (SSSR count). The Kier molecular flexibility index (Phi) is 5.28. The van der Waals surface area contributed by atoms with Gasteiger partial charge in [-0.15, -0.1) is 0 Å². The van der Waals surface area contributed by atoms with E-state index in [4.69, 9.17) is 0 Å². The molecule has 0 unspecified atom stereocenters. The van der Waals surface area contributed by atoms with Crippen molar-refractivity contribution in [3.63, 3.8) is 0 Å². The van der Waals surface area contributed by atoms with Gasteiger partial charge in [0.25, 0.3) is 5.91 Å². The first kappa shape index (κ1) is 16.6. The minimum Gasteiger partial charge on any atom is -0.351 e. The number of amides is 1. The summed E-state index contributed by atoms with van der Waals surface area (Å²) in [5.41, 5.74) is 4.38. The van der Waals surface area contributed by atoms with E-state index in [0.29, 0.717) is 5.92 Å². The van der Waals surface area contributed by atoms with Crippen molar-refractivity contribution in [2.45, 2.75) is 54.0 Å². The molecule has 0 saturated heterocycles. The highest BCUT2D eigenvalue weighted by molar-refractivity contribution is 6.01. The van der Waals surface area contributed by atoms with Gasteiger partial charge >= 0.3 is 0 Å². The quantitative estimate of drug-likeness (QED) is 0.847. The summed E-state index contributed by atoms with van der Waals surface area (Å²) in [5.74, 6) is 0.653. The Bertz CT molecular complexity index is 668. The molecular formula is C19H28N2O. The minimum atomic E-state index is 0.0502. The maximum absolute atomic E-state index is 12.6. The number of hydrogen-bond donors (Lipinski definition) is 1. The normalized spacial score (nSPS) is 11.4. The van der Waals surface area contributed by atoms with Crippen molar-refractivity contribution in [1.82, 2.24) is 9.88 Å². The lowest BCUT2D eigenvalue weighted by Gasteiger charge is -2.11. The highest BCUT2D eigenvalue weighted by Crippen LogP contribution is 2.27. The predicted molar refractivity (Wildman–Crippen MR) is 93.5 cm³/mol. The number of hydrogen-bond acceptors (Lipinski definition) is 1. The second-order valence-corrected chi connectivity index (χ2v) is 6.36. The highest BCUT2D eigenvalue weighted by Gasteiger charge is 2.19. The summed E-state index contributed by atoms with van der Waals surface area (Å²) in [4.78, 5) is 12.6. The summed E-state index contributed by atoms with van der Waals surface area (Å²) in [7, 11) is 0. The summed E-state index contributed by atoms with van der Waals surface area (Å²) in [6, 6.07) is 6.53. The van der Waals surface area contributed by atoms with Crippen LogP contribution in [0, 0.1) is 12.8 Å². The Labute approximate surface area is 133 Å². The molecule has 0 fully saturated rings. The number of benzene rings is 1. The third-order valence-electron chi connectivity index (χ3n) is 4.33. The predicted octanol–water partition coefficient (Wildman–Crippen LogP) is 4.31. The van der Waals surface area contributed by atoms with Crippen molar-refractivity contribution >= 4 is 16.8 Å². The van der Waals surface area contributed by atoms with Crippen molar-refractivity contribution in [3.8, 4) is 0 Å². The molecule has 1 amide bonds. The first-order valence-electron chi connectivity index (χ1n) is 8.39. The summed E-state index contributed by atoms with van der Waals surface area (Å²) < 4.78 is 2.13. The maximum atomic E-state index is 12.6. The molecular weight excluding hydrogens is 272 g/mol. The van der Waals surface area contributed by atoms with E-state index in [1.165, 1.54) is 10.9 Å². The molecule has 1 aromatic heterocycles. The Morgan fingerprint density at radius 3 is 2.59 bits per heavy atom. The van der Waals surface area contributed by atoms with Crippen LogP contribution in [0.25, 0.3) is 10.9 Å². The van der Waals surface area contributed by atoms with E-state index >= 15 is 0 Å². The van der Waals surface area contributed by atoms with Crippen LogP contribution >= 0.6 is 0 Å². The standard InChI is InChI=1S/C19H28N2O/c1-6-15-8-9-17-16(12-15)14(5)18(21(17)7-2)19(22)20-11-10-13(3)4/h8-9,12-13H,6-7,10-11H2,1-5H3,(H,20,22). The first-order chi connectivity index (χ1) is 10.5. The third-order valence-corrected chi connectivity index (χ3v) is 4.33. The number of nitrogens with zero attached hydrogens (tertiary/aromatic N) is 1. The van der Waals surface area contributed by atoms with E-state index in [9.17, 15) is 4.79 Å². The van der Waals surface area contributed by atoms with Crippen LogP contribution in [0.5, 0.6) is 0 Å². The van der Waals surface area contributed by atoms with Gasteiger partial charge in [0.05, 0.1) is 0 Å². The Hall–Kier alpha value is -1.77. The monoisotopic (exact) mass is 300 g/mol. The van der Waals surface area contributed by atoms with E-state index in [2.05, 4.69) is 62.7 Å². The number of carbonyl (C=O) groups is 1. The maximum Gasteiger partial charge on any atom is 0.268 e. The zero-order valence-corrected chi connectivity index (χ0v) is 14.5. The van der Waals surface area contributed by atoms with Gasteiger partial charge in [0.2, 0.25) is 0 Å². The molecule has 1 heterocycles. The molecule has 120 valence electrons. The van der Waals surface area contributed by atoms with Gasteiger partial charge in [-0.1, -0.05) is 26.8 Å². The van der Waals surface area contributed by atoms with Crippen LogP contribution in [-0.2, 0) is 13.0 Å². The van der Waals surface area contributed by atoms with E-state index in [0.717, 1.165) is 42.7 Å². The van der Waals surface area contributed by atoms with Crippen LogP contribution in [0.2, 0.25) is 0 Å². The van der Waals surface area contributed by atoms with E-state index in [-0.39, 0.29) is 5.91 Å². The molecule has 3 heteroatoms. The Balaban J connectivity index is 2.39. The molecule has 1 N–H and O–H groups in total. The van der Waals surface area contributed by atoms with Crippen molar-refractivity contribution in [2.75, 3.05) is 6.54 Å². The van der Waals surface area contributed by atoms with Gasteiger partial charge in [-0.3, -0.25) is 4.79 Å². The van der Waals surface area contributed by atoms with Crippen LogP contribution < -0.4 is 5.32 Å². The highest BCUT2D eigenvalue weighted by atomic mass is 16.1. The molecule has 0 spiro atoms. The lowest BCUT2D eigenvalue weighted by Crippen LogP contribution is -2.28. The number of aryl methyl sites for hydroxylation is 3. The summed E-state index contributed by atoms with van der Waals surface area (Å²) in [5, 5.41) is 4.28. The smallest absolute Gasteiger partial charge is 0.268 e. The lowest BCUT2D eigenvalue weighted by atomic mass is 10.1. The van der Waals surface area contributed by atoms with Crippen LogP contribution in [0.4, 0.5) is 0 Å². The summed E-state index contributed by atoms with van der Waals surface area (Å²) in [6.07, 6.45) is 2.03. The lowest BCUT2D eigenvalue weighted by molar-refractivity contribution is 0.0942. The van der Waals surface area contributed by atoms with Gasteiger partial charge in [-0.05, 0) is 55.9 Å². The van der Waals surface area contributed by atoms with Crippen molar-refractivity contribution in [2.24, 2.45) is 5.92 Å². The van der Waals surface area contributed by atoms with Crippen LogP contribution in [0.3, 0.4) is 0 Å².